The van der Waals surface area contributed by atoms with Gasteiger partial charge < -0.3 is 14.7 Å². The number of aliphatic hydroxyl groups is 1. The SMILES string of the molecule is O=C(C1=C(O)C(=O)N(C[C@H]2CCCO2)[C@H]1c1cccc(F)c1)c1cccs1. The Morgan fingerprint density at radius 2 is 2.19 bits per heavy atom. The van der Waals surface area contributed by atoms with Crippen molar-refractivity contribution >= 4 is 23.0 Å². The number of Topliss-reactive ketones (excluding diaryl/α,β-unsaturated/α-hetero) is 1. The molecule has 0 bridgehead atoms. The van der Waals surface area contributed by atoms with Gasteiger partial charge in [-0.1, -0.05) is 18.2 Å². The van der Waals surface area contributed by atoms with Gasteiger partial charge in [-0.2, -0.15) is 0 Å². The summed E-state index contributed by atoms with van der Waals surface area (Å²) in [5, 5.41) is 12.3. The highest BCUT2D eigenvalue weighted by Crippen LogP contribution is 2.40. The van der Waals surface area contributed by atoms with E-state index < -0.39 is 29.3 Å². The molecule has 0 spiro atoms. The third-order valence-corrected chi connectivity index (χ3v) is 5.75. The molecule has 2 aliphatic heterocycles. The molecule has 0 saturated carbocycles. The topological polar surface area (TPSA) is 66.8 Å². The molecule has 0 aliphatic carbocycles. The van der Waals surface area contributed by atoms with E-state index in [9.17, 15) is 19.1 Å². The number of hydrogen-bond acceptors (Lipinski definition) is 5. The van der Waals surface area contributed by atoms with Crippen molar-refractivity contribution in [2.75, 3.05) is 13.2 Å². The van der Waals surface area contributed by atoms with Crippen molar-refractivity contribution in [1.29, 1.82) is 0 Å². The van der Waals surface area contributed by atoms with Crippen molar-refractivity contribution in [3.8, 4) is 0 Å². The summed E-state index contributed by atoms with van der Waals surface area (Å²) in [4.78, 5) is 27.6. The van der Waals surface area contributed by atoms with Crippen LogP contribution >= 0.6 is 11.3 Å². The molecule has 1 fully saturated rings. The lowest BCUT2D eigenvalue weighted by molar-refractivity contribution is -0.131. The minimum Gasteiger partial charge on any atom is -0.503 e. The number of nitrogens with zero attached hydrogens (tertiary/aromatic N) is 1. The third-order valence-electron chi connectivity index (χ3n) is 4.88. The summed E-state index contributed by atoms with van der Waals surface area (Å²) in [6.07, 6.45) is 1.54. The number of hydrogen-bond donors (Lipinski definition) is 1. The lowest BCUT2D eigenvalue weighted by atomic mass is 9.95. The molecule has 2 atom stereocenters. The van der Waals surface area contributed by atoms with Gasteiger partial charge in [0.05, 0.1) is 22.6 Å². The molecule has 1 aromatic carbocycles. The molecule has 2 aliphatic rings. The highest BCUT2D eigenvalue weighted by molar-refractivity contribution is 7.12. The molecule has 0 radical (unpaired) electrons. The molecular weight excluding hydrogens is 369 g/mol. The summed E-state index contributed by atoms with van der Waals surface area (Å²) in [5.74, 6) is -2.08. The van der Waals surface area contributed by atoms with Crippen LogP contribution in [0.15, 0.2) is 53.1 Å². The summed E-state index contributed by atoms with van der Waals surface area (Å²) in [6, 6.07) is 8.31. The molecule has 1 aromatic heterocycles. The lowest BCUT2D eigenvalue weighted by Crippen LogP contribution is -2.37. The van der Waals surface area contributed by atoms with Crippen LogP contribution in [0, 0.1) is 5.82 Å². The largest absolute Gasteiger partial charge is 0.503 e. The van der Waals surface area contributed by atoms with Gasteiger partial charge in [0, 0.05) is 13.2 Å². The Morgan fingerprint density at radius 1 is 1.33 bits per heavy atom. The minimum atomic E-state index is -0.841. The van der Waals surface area contributed by atoms with Gasteiger partial charge in [0.15, 0.2) is 5.76 Å². The van der Waals surface area contributed by atoms with Crippen LogP contribution in [-0.2, 0) is 9.53 Å². The number of amides is 1. The zero-order valence-corrected chi connectivity index (χ0v) is 15.2. The maximum absolute atomic E-state index is 13.9. The molecule has 7 heteroatoms. The molecular formula is C20H18FNO4S. The Balaban J connectivity index is 1.76. The van der Waals surface area contributed by atoms with Crippen LogP contribution in [-0.4, -0.2) is 41.0 Å². The maximum Gasteiger partial charge on any atom is 0.290 e. The van der Waals surface area contributed by atoms with E-state index >= 15 is 0 Å². The van der Waals surface area contributed by atoms with Gasteiger partial charge in [-0.3, -0.25) is 9.59 Å². The Morgan fingerprint density at radius 3 is 2.85 bits per heavy atom. The van der Waals surface area contributed by atoms with Gasteiger partial charge in [-0.15, -0.1) is 11.3 Å². The number of carbonyl (C=O) groups excluding carboxylic acids is 2. The van der Waals surface area contributed by atoms with Crippen LogP contribution in [0.1, 0.15) is 34.1 Å². The summed E-state index contributed by atoms with van der Waals surface area (Å²) in [6.45, 7) is 0.864. The number of ketones is 1. The predicted molar refractivity (Wildman–Crippen MR) is 98.1 cm³/mol. The van der Waals surface area contributed by atoms with Crippen molar-refractivity contribution in [2.45, 2.75) is 25.0 Å². The fraction of sp³-hybridized carbons (Fsp3) is 0.300. The number of benzene rings is 1. The second kappa shape index (κ2) is 7.25. The Bertz CT molecular complexity index is 902. The molecule has 2 aromatic rings. The quantitative estimate of drug-likeness (QED) is 0.796. The van der Waals surface area contributed by atoms with E-state index in [1.807, 2.05) is 0 Å². The van der Waals surface area contributed by atoms with E-state index in [2.05, 4.69) is 0 Å². The second-order valence-corrected chi connectivity index (χ2v) is 7.57. The number of halogens is 1. The summed E-state index contributed by atoms with van der Waals surface area (Å²) >= 11 is 1.23. The molecule has 1 saturated heterocycles. The summed E-state index contributed by atoms with van der Waals surface area (Å²) < 4.78 is 19.5. The maximum atomic E-state index is 13.9. The number of carbonyl (C=O) groups is 2. The third kappa shape index (κ3) is 3.28. The first-order valence-corrected chi connectivity index (χ1v) is 9.63. The average molecular weight is 387 g/mol. The highest BCUT2D eigenvalue weighted by Gasteiger charge is 2.45. The number of thiophene rings is 1. The molecule has 3 heterocycles. The first-order valence-electron chi connectivity index (χ1n) is 8.75. The first-order chi connectivity index (χ1) is 13.1. The molecule has 5 nitrogen and oxygen atoms in total. The van der Waals surface area contributed by atoms with Crippen molar-refractivity contribution in [1.82, 2.24) is 4.90 Å². The minimum absolute atomic E-state index is 0.00829. The van der Waals surface area contributed by atoms with E-state index in [4.69, 9.17) is 4.74 Å². The Labute approximate surface area is 159 Å². The van der Waals surface area contributed by atoms with Crippen LogP contribution in [0.2, 0.25) is 0 Å². The molecule has 4 rings (SSSR count). The predicted octanol–water partition coefficient (Wildman–Crippen LogP) is 3.64. The van der Waals surface area contributed by atoms with Crippen molar-refractivity contribution in [3.63, 3.8) is 0 Å². The highest BCUT2D eigenvalue weighted by atomic mass is 32.1. The van der Waals surface area contributed by atoms with E-state index in [0.29, 0.717) is 17.0 Å². The zero-order valence-electron chi connectivity index (χ0n) is 14.4. The fourth-order valence-electron chi connectivity index (χ4n) is 3.65. The molecule has 27 heavy (non-hydrogen) atoms. The van der Waals surface area contributed by atoms with Crippen molar-refractivity contribution < 1.29 is 23.8 Å². The second-order valence-electron chi connectivity index (χ2n) is 6.62. The van der Waals surface area contributed by atoms with Gasteiger partial charge in [0.25, 0.3) is 5.91 Å². The monoisotopic (exact) mass is 387 g/mol. The molecule has 0 unspecified atom stereocenters. The number of rotatable bonds is 5. The normalized spacial score (nSPS) is 22.7. The fourth-order valence-corrected chi connectivity index (χ4v) is 4.32. The molecule has 140 valence electrons. The number of ether oxygens (including phenoxy) is 1. The van der Waals surface area contributed by atoms with Crippen LogP contribution in [0.25, 0.3) is 0 Å². The van der Waals surface area contributed by atoms with Gasteiger partial charge in [-0.25, -0.2) is 4.39 Å². The lowest BCUT2D eigenvalue weighted by Gasteiger charge is -2.28. The molecule has 1 amide bonds. The number of aliphatic hydroxyl groups excluding tert-OH is 1. The van der Waals surface area contributed by atoms with Gasteiger partial charge in [0.1, 0.15) is 5.82 Å². The Kier molecular flexibility index (Phi) is 4.80. The van der Waals surface area contributed by atoms with E-state index in [1.165, 1.54) is 34.4 Å². The zero-order chi connectivity index (χ0) is 19.0. The van der Waals surface area contributed by atoms with Crippen LogP contribution in [0.3, 0.4) is 0 Å². The molecule has 1 N–H and O–H groups in total. The van der Waals surface area contributed by atoms with Crippen molar-refractivity contribution in [3.05, 3.63) is 69.4 Å². The van der Waals surface area contributed by atoms with Gasteiger partial charge in [-0.05, 0) is 42.0 Å². The smallest absolute Gasteiger partial charge is 0.290 e. The Hall–Kier alpha value is -2.51. The van der Waals surface area contributed by atoms with Crippen LogP contribution in [0.4, 0.5) is 4.39 Å². The van der Waals surface area contributed by atoms with Crippen LogP contribution < -0.4 is 0 Å². The first kappa shape index (κ1) is 17.9. The van der Waals surface area contributed by atoms with E-state index in [1.54, 1.807) is 23.6 Å². The standard InChI is InChI=1S/C20H18FNO4S/c21-13-5-1-4-12(10-13)17-16(18(23)15-7-3-9-27-15)19(24)20(25)22(17)11-14-6-2-8-26-14/h1,3-5,7,9-10,14,17,24H,2,6,8,11H2/t14-,17+/m1/s1. The average Bonchev–Trinajstić information content (AvgIpc) is 3.40. The van der Waals surface area contributed by atoms with Crippen molar-refractivity contribution in [2.24, 2.45) is 0 Å². The summed E-state index contributed by atoms with van der Waals surface area (Å²) in [7, 11) is 0. The van der Waals surface area contributed by atoms with Gasteiger partial charge in [0.2, 0.25) is 5.78 Å². The van der Waals surface area contributed by atoms with Crippen LogP contribution in [0.5, 0.6) is 0 Å². The van der Waals surface area contributed by atoms with E-state index in [-0.39, 0.29) is 18.2 Å². The summed E-state index contributed by atoms with van der Waals surface area (Å²) in [5.41, 5.74) is 0.441. The van der Waals surface area contributed by atoms with E-state index in [0.717, 1.165) is 12.8 Å². The van der Waals surface area contributed by atoms with Gasteiger partial charge >= 0.3 is 0 Å².